The monoisotopic (exact) mass is 258 g/mol. The lowest BCUT2D eigenvalue weighted by Crippen LogP contribution is -2.41. The number of hydrogen-bond donors (Lipinski definition) is 1. The number of hydrogen-bond acceptors (Lipinski definition) is 2. The van der Waals surface area contributed by atoms with E-state index in [4.69, 9.17) is 0 Å². The highest BCUT2D eigenvalue weighted by molar-refractivity contribution is 5.56. The Bertz CT molecular complexity index is 441. The molecule has 0 bridgehead atoms. The summed E-state index contributed by atoms with van der Waals surface area (Å²) in [6.07, 6.45) is 5.17. The Labute approximate surface area is 117 Å². The van der Waals surface area contributed by atoms with Crippen molar-refractivity contribution >= 4 is 5.69 Å². The smallest absolute Gasteiger partial charge is 0.0373 e. The molecule has 0 aromatic heterocycles. The van der Waals surface area contributed by atoms with Gasteiger partial charge in [-0.2, -0.15) is 0 Å². The molecule has 0 aliphatic carbocycles. The van der Waals surface area contributed by atoms with Crippen LogP contribution in [0.3, 0.4) is 0 Å². The summed E-state index contributed by atoms with van der Waals surface area (Å²) >= 11 is 0. The maximum Gasteiger partial charge on any atom is 0.0373 e. The minimum Gasteiger partial charge on any atom is -0.384 e. The maximum absolute atomic E-state index is 3.44. The number of nitrogens with one attached hydrogen (secondary N) is 1. The van der Waals surface area contributed by atoms with Gasteiger partial charge in [0.2, 0.25) is 0 Å². The number of likely N-dealkylation sites (tertiary alicyclic amines) is 1. The van der Waals surface area contributed by atoms with Gasteiger partial charge in [0.15, 0.2) is 0 Å². The Morgan fingerprint density at radius 3 is 3.16 bits per heavy atom. The molecule has 1 aromatic carbocycles. The molecule has 1 fully saturated rings. The molecule has 1 N–H and O–H groups in total. The number of nitrogens with zero attached hydrogens (tertiary/aromatic N) is 1. The summed E-state index contributed by atoms with van der Waals surface area (Å²) in [6.45, 7) is 8.47. The second-order valence-electron chi connectivity index (χ2n) is 6.46. The Morgan fingerprint density at radius 2 is 2.32 bits per heavy atom. The normalized spacial score (nSPS) is 24.8. The Morgan fingerprint density at radius 1 is 1.42 bits per heavy atom. The highest BCUT2D eigenvalue weighted by atomic mass is 15.2. The van der Waals surface area contributed by atoms with Crippen LogP contribution >= 0.6 is 0 Å². The fourth-order valence-electron chi connectivity index (χ4n) is 3.58. The Kier molecular flexibility index (Phi) is 3.79. The van der Waals surface area contributed by atoms with Gasteiger partial charge in [-0.1, -0.05) is 19.1 Å². The molecule has 1 aromatic rings. The molecule has 104 valence electrons. The first-order valence-corrected chi connectivity index (χ1v) is 7.82. The van der Waals surface area contributed by atoms with E-state index in [-0.39, 0.29) is 0 Å². The van der Waals surface area contributed by atoms with Crippen LogP contribution in [-0.2, 0) is 12.8 Å². The van der Waals surface area contributed by atoms with Crippen molar-refractivity contribution in [2.75, 3.05) is 25.0 Å². The zero-order valence-electron chi connectivity index (χ0n) is 12.3. The van der Waals surface area contributed by atoms with Crippen LogP contribution in [0.25, 0.3) is 0 Å². The molecule has 0 saturated carbocycles. The zero-order valence-corrected chi connectivity index (χ0v) is 12.3. The third kappa shape index (κ3) is 2.94. The van der Waals surface area contributed by atoms with Crippen molar-refractivity contribution in [1.82, 2.24) is 4.90 Å². The molecule has 2 nitrogen and oxygen atoms in total. The van der Waals surface area contributed by atoms with Crippen molar-refractivity contribution in [3.8, 4) is 0 Å². The van der Waals surface area contributed by atoms with Crippen LogP contribution in [0.2, 0.25) is 0 Å². The molecule has 1 saturated heterocycles. The predicted octanol–water partition coefficient (Wildman–Crippen LogP) is 3.32. The van der Waals surface area contributed by atoms with Crippen molar-refractivity contribution in [2.24, 2.45) is 5.92 Å². The van der Waals surface area contributed by atoms with E-state index in [1.807, 2.05) is 0 Å². The zero-order chi connectivity index (χ0) is 13.2. The van der Waals surface area contributed by atoms with E-state index in [1.165, 1.54) is 55.6 Å². The molecule has 2 heterocycles. The maximum atomic E-state index is 3.44. The van der Waals surface area contributed by atoms with Crippen LogP contribution in [-0.4, -0.2) is 30.6 Å². The summed E-state index contributed by atoms with van der Waals surface area (Å²) in [5.41, 5.74) is 4.37. The van der Waals surface area contributed by atoms with Crippen LogP contribution in [0, 0.1) is 5.92 Å². The summed E-state index contributed by atoms with van der Waals surface area (Å²) in [6, 6.07) is 7.67. The first-order valence-electron chi connectivity index (χ1n) is 7.82. The van der Waals surface area contributed by atoms with Gasteiger partial charge in [-0.25, -0.2) is 0 Å². The lowest BCUT2D eigenvalue weighted by molar-refractivity contribution is 0.138. The molecule has 2 atom stereocenters. The Hall–Kier alpha value is -1.02. The number of rotatable bonds is 3. The highest BCUT2D eigenvalue weighted by Gasteiger charge is 2.21. The highest BCUT2D eigenvalue weighted by Crippen LogP contribution is 2.25. The van der Waals surface area contributed by atoms with Crippen LogP contribution in [0.5, 0.6) is 0 Å². The largest absolute Gasteiger partial charge is 0.384 e. The molecule has 2 unspecified atom stereocenters. The standard InChI is InChI=1S/C17H26N2/c1-13-4-3-9-19(12-13)14(2)10-15-5-6-17-16(11-15)7-8-18-17/h5-6,11,13-14,18H,3-4,7-10,12H2,1-2H3. The summed E-state index contributed by atoms with van der Waals surface area (Å²) in [4.78, 5) is 2.68. The van der Waals surface area contributed by atoms with E-state index < -0.39 is 0 Å². The van der Waals surface area contributed by atoms with Crippen LogP contribution in [0.4, 0.5) is 5.69 Å². The SMILES string of the molecule is CC1CCCN(C(C)Cc2ccc3c(c2)CCN3)C1. The van der Waals surface area contributed by atoms with Crippen LogP contribution in [0.15, 0.2) is 18.2 Å². The van der Waals surface area contributed by atoms with Gasteiger partial charge in [-0.05, 0) is 62.3 Å². The number of benzene rings is 1. The molecular weight excluding hydrogens is 232 g/mol. The third-order valence-corrected chi connectivity index (χ3v) is 4.72. The Balaban J connectivity index is 1.64. The molecule has 0 spiro atoms. The van der Waals surface area contributed by atoms with Gasteiger partial charge < -0.3 is 10.2 Å². The van der Waals surface area contributed by atoms with Gasteiger partial charge in [0.25, 0.3) is 0 Å². The van der Waals surface area contributed by atoms with E-state index >= 15 is 0 Å². The van der Waals surface area contributed by atoms with Crippen LogP contribution < -0.4 is 5.32 Å². The lowest BCUT2D eigenvalue weighted by atomic mass is 9.96. The quantitative estimate of drug-likeness (QED) is 0.894. The molecule has 2 aliphatic rings. The third-order valence-electron chi connectivity index (χ3n) is 4.72. The van der Waals surface area contributed by atoms with Gasteiger partial charge in [0.1, 0.15) is 0 Å². The number of piperidine rings is 1. The van der Waals surface area contributed by atoms with E-state index in [1.54, 1.807) is 0 Å². The second-order valence-corrected chi connectivity index (χ2v) is 6.46. The molecule has 0 radical (unpaired) electrons. The van der Waals surface area contributed by atoms with Gasteiger partial charge in [0, 0.05) is 24.8 Å². The number of fused-ring (bicyclic) bond motifs is 1. The van der Waals surface area contributed by atoms with Gasteiger partial charge in [-0.3, -0.25) is 0 Å². The van der Waals surface area contributed by atoms with Crippen molar-refractivity contribution in [2.45, 2.75) is 45.6 Å². The second kappa shape index (κ2) is 5.54. The van der Waals surface area contributed by atoms with Gasteiger partial charge in [0.05, 0.1) is 0 Å². The van der Waals surface area contributed by atoms with E-state index in [0.29, 0.717) is 6.04 Å². The summed E-state index contributed by atoms with van der Waals surface area (Å²) in [5.74, 6) is 0.875. The van der Waals surface area contributed by atoms with Crippen LogP contribution in [0.1, 0.15) is 37.8 Å². The summed E-state index contributed by atoms with van der Waals surface area (Å²) in [7, 11) is 0. The van der Waals surface area contributed by atoms with E-state index in [9.17, 15) is 0 Å². The average Bonchev–Trinajstić information content (AvgIpc) is 2.86. The number of anilines is 1. The van der Waals surface area contributed by atoms with Crippen molar-refractivity contribution in [1.29, 1.82) is 0 Å². The topological polar surface area (TPSA) is 15.3 Å². The molecule has 19 heavy (non-hydrogen) atoms. The summed E-state index contributed by atoms with van der Waals surface area (Å²) < 4.78 is 0. The van der Waals surface area contributed by atoms with Crippen molar-refractivity contribution < 1.29 is 0 Å². The van der Waals surface area contributed by atoms with E-state index in [0.717, 1.165) is 12.5 Å². The minimum atomic E-state index is 0.676. The molecule has 3 rings (SSSR count). The van der Waals surface area contributed by atoms with Crippen molar-refractivity contribution in [3.05, 3.63) is 29.3 Å². The lowest BCUT2D eigenvalue weighted by Gasteiger charge is -2.35. The van der Waals surface area contributed by atoms with E-state index in [2.05, 4.69) is 42.3 Å². The first-order chi connectivity index (χ1) is 9.22. The summed E-state index contributed by atoms with van der Waals surface area (Å²) in [5, 5.41) is 3.44. The minimum absolute atomic E-state index is 0.676. The van der Waals surface area contributed by atoms with Crippen molar-refractivity contribution in [3.63, 3.8) is 0 Å². The molecule has 0 amide bonds. The predicted molar refractivity (Wildman–Crippen MR) is 81.8 cm³/mol. The molecule has 2 heteroatoms. The fourth-order valence-corrected chi connectivity index (χ4v) is 3.58. The van der Waals surface area contributed by atoms with Gasteiger partial charge >= 0.3 is 0 Å². The molecular formula is C17H26N2. The van der Waals surface area contributed by atoms with Gasteiger partial charge in [-0.15, -0.1) is 0 Å². The fraction of sp³-hybridized carbons (Fsp3) is 0.647. The first kappa shape index (κ1) is 13.0. The molecule has 2 aliphatic heterocycles. The average molecular weight is 258 g/mol.